The number of benzene rings is 3. The van der Waals surface area contributed by atoms with Crippen molar-refractivity contribution in [3.05, 3.63) is 65.7 Å². The van der Waals surface area contributed by atoms with E-state index in [0.29, 0.717) is 41.0 Å². The van der Waals surface area contributed by atoms with E-state index in [1.165, 1.54) is 12.8 Å². The highest BCUT2D eigenvalue weighted by Crippen LogP contribution is 2.41. The first kappa shape index (κ1) is 28.6. The Hall–Kier alpha value is -4.83. The summed E-state index contributed by atoms with van der Waals surface area (Å²) in [5.74, 6) is 2.50. The number of likely N-dealkylation sites (tertiary alicyclic amines) is 1. The topological polar surface area (TPSA) is 131 Å². The van der Waals surface area contributed by atoms with E-state index in [0.717, 1.165) is 64.0 Å². The van der Waals surface area contributed by atoms with Crippen molar-refractivity contribution in [2.75, 3.05) is 20.8 Å². The monoisotopic (exact) mass is 618 g/mol. The molecule has 2 aromatic heterocycles. The molecule has 0 radical (unpaired) electrons. The van der Waals surface area contributed by atoms with E-state index in [4.69, 9.17) is 25.9 Å². The lowest BCUT2D eigenvalue weighted by molar-refractivity contribution is 0.0700. The minimum absolute atomic E-state index is 0.00952. The fraction of sp³-hybridized carbons (Fsp3) is 0.361. The molecule has 3 aliphatic rings. The maximum absolute atomic E-state index is 13.7. The first-order valence-electron chi connectivity index (χ1n) is 16.0. The number of nitrogens with zero attached hydrogens (tertiary/aromatic N) is 4. The molecule has 3 atom stereocenters. The van der Waals surface area contributed by atoms with Gasteiger partial charge >= 0.3 is 0 Å². The van der Waals surface area contributed by atoms with Gasteiger partial charge in [-0.2, -0.15) is 0 Å². The lowest BCUT2D eigenvalue weighted by Gasteiger charge is -2.27. The Labute approximate surface area is 266 Å². The molecule has 3 heterocycles. The van der Waals surface area contributed by atoms with E-state index in [1.54, 1.807) is 26.4 Å². The van der Waals surface area contributed by atoms with Crippen LogP contribution in [-0.2, 0) is 13.6 Å². The molecule has 2 unspecified atom stereocenters. The zero-order valence-corrected chi connectivity index (χ0v) is 26.3. The number of fused-ring (bicyclic) bond motifs is 4. The Bertz CT molecular complexity index is 2060. The fourth-order valence-corrected chi connectivity index (χ4v) is 7.71. The van der Waals surface area contributed by atoms with Crippen molar-refractivity contribution in [3.63, 3.8) is 0 Å². The number of nitrogens with two attached hydrogens (primary N) is 2. The second-order valence-corrected chi connectivity index (χ2v) is 13.1. The van der Waals surface area contributed by atoms with Crippen molar-refractivity contribution in [1.29, 1.82) is 0 Å². The van der Waals surface area contributed by atoms with Crippen molar-refractivity contribution >= 4 is 33.8 Å². The van der Waals surface area contributed by atoms with Crippen molar-refractivity contribution in [1.82, 2.24) is 19.0 Å². The van der Waals surface area contributed by atoms with Crippen LogP contribution in [0.1, 0.15) is 46.4 Å². The van der Waals surface area contributed by atoms with Crippen LogP contribution in [0.4, 0.5) is 0 Å². The van der Waals surface area contributed by atoms with Gasteiger partial charge in [0.05, 0.1) is 25.4 Å². The molecule has 2 aliphatic carbocycles. The van der Waals surface area contributed by atoms with E-state index in [-0.39, 0.29) is 18.0 Å². The van der Waals surface area contributed by atoms with Gasteiger partial charge < -0.3 is 35.0 Å². The number of imidazole rings is 1. The summed E-state index contributed by atoms with van der Waals surface area (Å²) in [7, 11) is 5.24. The molecule has 2 bridgehead atoms. The molecule has 46 heavy (non-hydrogen) atoms. The van der Waals surface area contributed by atoms with Crippen LogP contribution in [0.15, 0.2) is 54.6 Å². The predicted molar refractivity (Wildman–Crippen MR) is 177 cm³/mol. The molecule has 3 aromatic carbocycles. The summed E-state index contributed by atoms with van der Waals surface area (Å²) in [5.41, 5.74) is 18.4. The Morgan fingerprint density at radius 1 is 0.935 bits per heavy atom. The fourth-order valence-electron chi connectivity index (χ4n) is 7.71. The lowest BCUT2D eigenvalue weighted by Crippen LogP contribution is -2.41. The van der Waals surface area contributed by atoms with E-state index in [9.17, 15) is 9.59 Å². The molecular formula is C36H38N6O4. The SMILES string of the molecule is COc1cc(C(N)=O)ccc1-c1ccc2cc(-c3nc4cc(C(=O)N5CC6CCC5[C@@H]6N)cc(OC)c4n3C)n(CC3CC3)c2c1. The summed E-state index contributed by atoms with van der Waals surface area (Å²) in [6.07, 6.45) is 4.45. The van der Waals surface area contributed by atoms with Crippen molar-refractivity contribution < 1.29 is 19.1 Å². The largest absolute Gasteiger partial charge is 0.496 e. The van der Waals surface area contributed by atoms with Crippen molar-refractivity contribution in [2.24, 2.45) is 30.4 Å². The van der Waals surface area contributed by atoms with E-state index < -0.39 is 5.91 Å². The van der Waals surface area contributed by atoms with Crippen LogP contribution in [-0.4, -0.2) is 63.7 Å². The van der Waals surface area contributed by atoms with Crippen LogP contribution in [0.25, 0.3) is 44.6 Å². The zero-order chi connectivity index (χ0) is 31.9. The molecule has 5 aromatic rings. The molecule has 10 nitrogen and oxygen atoms in total. The summed E-state index contributed by atoms with van der Waals surface area (Å²) in [6, 6.07) is 17.8. The van der Waals surface area contributed by atoms with Gasteiger partial charge in [0.25, 0.3) is 5.91 Å². The average molecular weight is 619 g/mol. The summed E-state index contributed by atoms with van der Waals surface area (Å²) >= 11 is 0. The van der Waals surface area contributed by atoms with Crippen LogP contribution < -0.4 is 20.9 Å². The highest BCUT2D eigenvalue weighted by molar-refractivity contribution is 6.01. The molecule has 236 valence electrons. The molecule has 8 rings (SSSR count). The van der Waals surface area contributed by atoms with Crippen molar-refractivity contribution in [2.45, 2.75) is 44.3 Å². The third-order valence-electron chi connectivity index (χ3n) is 10.4. The predicted octanol–water partition coefficient (Wildman–Crippen LogP) is 4.95. The number of amides is 2. The number of rotatable bonds is 8. The molecule has 3 fully saturated rings. The van der Waals surface area contributed by atoms with Crippen LogP contribution in [0.2, 0.25) is 0 Å². The standard InChI is InChI=1S/C36H38N6O4/c1-40-33-26(12-24(16-31(33)46-3)36(44)42-18-23-9-11-27(42)32(23)37)39-35(40)29-14-21-7-6-20(13-28(21)41(29)17-19-4-5-19)25-10-8-22(34(38)43)15-30(25)45-2/h6-8,10,12-16,19,23,27,32H,4-5,9,11,17-18,37H2,1-3H3,(H2,38,43)/t23?,27?,32-/m1/s1. The minimum Gasteiger partial charge on any atom is -0.496 e. The number of aromatic nitrogens is 3. The molecule has 1 saturated heterocycles. The van der Waals surface area contributed by atoms with Gasteiger partial charge in [0.2, 0.25) is 5.91 Å². The van der Waals surface area contributed by atoms with E-state index >= 15 is 0 Å². The molecule has 0 spiro atoms. The van der Waals surface area contributed by atoms with Gasteiger partial charge in [0.15, 0.2) is 5.82 Å². The Morgan fingerprint density at radius 3 is 2.39 bits per heavy atom. The zero-order valence-electron chi connectivity index (χ0n) is 26.3. The molecule has 1 aliphatic heterocycles. The molecule has 2 saturated carbocycles. The quantitative estimate of drug-likeness (QED) is 0.253. The number of hydrogen-bond donors (Lipinski definition) is 2. The normalized spacial score (nSPS) is 20.6. The van der Waals surface area contributed by atoms with Gasteiger partial charge in [-0.1, -0.05) is 12.1 Å². The number of piperidine rings is 1. The summed E-state index contributed by atoms with van der Waals surface area (Å²) in [4.78, 5) is 32.6. The second-order valence-electron chi connectivity index (χ2n) is 13.1. The van der Waals surface area contributed by atoms with Gasteiger partial charge in [0.1, 0.15) is 17.0 Å². The number of primary amides is 1. The maximum Gasteiger partial charge on any atom is 0.254 e. The number of methoxy groups -OCH3 is 2. The highest BCUT2D eigenvalue weighted by Gasteiger charge is 2.47. The Morgan fingerprint density at radius 2 is 1.72 bits per heavy atom. The van der Waals surface area contributed by atoms with Gasteiger partial charge in [-0.15, -0.1) is 0 Å². The number of carbonyl (C=O) groups excluding carboxylic acids is 2. The summed E-state index contributed by atoms with van der Waals surface area (Å²) in [5, 5.41) is 1.10. The summed E-state index contributed by atoms with van der Waals surface area (Å²) < 4.78 is 16.0. The van der Waals surface area contributed by atoms with Gasteiger partial charge in [-0.25, -0.2) is 4.98 Å². The van der Waals surface area contributed by atoms with E-state index in [2.05, 4.69) is 33.4 Å². The van der Waals surface area contributed by atoms with Gasteiger partial charge in [-0.3, -0.25) is 9.59 Å². The lowest BCUT2D eigenvalue weighted by atomic mass is 10.0. The first-order valence-corrected chi connectivity index (χ1v) is 16.0. The third kappa shape index (κ3) is 4.46. The highest BCUT2D eigenvalue weighted by atomic mass is 16.5. The van der Waals surface area contributed by atoms with Crippen LogP contribution in [0.5, 0.6) is 11.5 Å². The Kier molecular flexibility index (Phi) is 6.61. The minimum atomic E-state index is -0.494. The molecule has 2 amide bonds. The van der Waals surface area contributed by atoms with Crippen LogP contribution >= 0.6 is 0 Å². The second kappa shape index (κ2) is 10.6. The number of carbonyl (C=O) groups is 2. The third-order valence-corrected chi connectivity index (χ3v) is 10.4. The number of aryl methyl sites for hydroxylation is 1. The molecule has 10 heteroatoms. The molecular weight excluding hydrogens is 580 g/mol. The van der Waals surface area contributed by atoms with Crippen molar-refractivity contribution in [3.8, 4) is 34.1 Å². The van der Waals surface area contributed by atoms with Gasteiger partial charge in [0, 0.05) is 59.8 Å². The molecule has 4 N–H and O–H groups in total. The summed E-state index contributed by atoms with van der Waals surface area (Å²) in [6.45, 7) is 1.59. The first-order chi connectivity index (χ1) is 22.2. The van der Waals surface area contributed by atoms with E-state index in [1.807, 2.05) is 30.1 Å². The average Bonchev–Trinajstić information content (AvgIpc) is 3.47. The van der Waals surface area contributed by atoms with Gasteiger partial charge in [-0.05, 0) is 85.5 Å². The Balaban J connectivity index is 1.24. The number of ether oxygens (including phenoxy) is 2. The van der Waals surface area contributed by atoms with Crippen LogP contribution in [0, 0.1) is 11.8 Å². The maximum atomic E-state index is 13.7. The van der Waals surface area contributed by atoms with Crippen LogP contribution in [0.3, 0.4) is 0 Å². The smallest absolute Gasteiger partial charge is 0.254 e. The number of hydrogen-bond acceptors (Lipinski definition) is 6.